The zero-order valence-corrected chi connectivity index (χ0v) is 17.2. The number of amides is 1. The first-order chi connectivity index (χ1) is 14.1. The van der Waals surface area contributed by atoms with Crippen LogP contribution in [0.25, 0.3) is 0 Å². The Morgan fingerprint density at radius 1 is 1.10 bits per heavy atom. The van der Waals surface area contributed by atoms with Crippen molar-refractivity contribution in [2.24, 2.45) is 5.92 Å². The highest BCUT2D eigenvalue weighted by molar-refractivity contribution is 7.15. The van der Waals surface area contributed by atoms with Crippen molar-refractivity contribution in [3.8, 4) is 0 Å². The topological polar surface area (TPSA) is 58.1 Å². The van der Waals surface area contributed by atoms with Crippen LogP contribution in [0.1, 0.15) is 23.4 Å². The number of anilines is 2. The number of aromatic nitrogens is 2. The van der Waals surface area contributed by atoms with Crippen LogP contribution in [0.15, 0.2) is 48.5 Å². The standard InChI is InChI=1S/C21H20ClFN4OS/c22-16-3-1-14(2-4-16)13-19-25-26-21(29-19)27-11-9-15(10-12-27)20(28)24-18-7-5-17(23)6-8-18/h1-8,15H,9-13H2,(H,24,28). The third kappa shape index (κ3) is 5.10. The maximum Gasteiger partial charge on any atom is 0.227 e. The molecule has 1 amide bonds. The van der Waals surface area contributed by atoms with Gasteiger partial charge in [-0.15, -0.1) is 10.2 Å². The summed E-state index contributed by atoms with van der Waals surface area (Å²) >= 11 is 7.52. The zero-order chi connectivity index (χ0) is 20.2. The van der Waals surface area contributed by atoms with Gasteiger partial charge in [-0.1, -0.05) is 35.1 Å². The van der Waals surface area contributed by atoms with Crippen LogP contribution in [0.4, 0.5) is 15.2 Å². The average molecular weight is 431 g/mol. The van der Waals surface area contributed by atoms with Crippen LogP contribution in [-0.4, -0.2) is 29.2 Å². The first-order valence-electron chi connectivity index (χ1n) is 9.45. The summed E-state index contributed by atoms with van der Waals surface area (Å²) in [5, 5.41) is 14.1. The van der Waals surface area contributed by atoms with Gasteiger partial charge in [0.05, 0.1) is 0 Å². The van der Waals surface area contributed by atoms with Crippen molar-refractivity contribution in [1.29, 1.82) is 0 Å². The Bertz CT molecular complexity index is 969. The molecule has 4 rings (SSSR count). The van der Waals surface area contributed by atoms with E-state index in [1.165, 1.54) is 12.1 Å². The van der Waals surface area contributed by atoms with E-state index in [1.54, 1.807) is 23.5 Å². The maximum absolute atomic E-state index is 13.0. The van der Waals surface area contributed by atoms with Gasteiger partial charge in [-0.25, -0.2) is 4.39 Å². The molecular formula is C21H20ClFN4OS. The van der Waals surface area contributed by atoms with Crippen LogP contribution in [-0.2, 0) is 11.2 Å². The van der Waals surface area contributed by atoms with Gasteiger partial charge in [-0.05, 0) is 54.8 Å². The minimum absolute atomic E-state index is 0.0167. The third-order valence-corrected chi connectivity index (χ3v) is 6.21. The van der Waals surface area contributed by atoms with E-state index in [2.05, 4.69) is 20.4 Å². The molecule has 1 aliphatic rings. The van der Waals surface area contributed by atoms with Crippen molar-refractivity contribution in [2.45, 2.75) is 19.3 Å². The lowest BCUT2D eigenvalue weighted by atomic mass is 9.96. The van der Waals surface area contributed by atoms with Gasteiger partial charge in [-0.2, -0.15) is 0 Å². The van der Waals surface area contributed by atoms with Gasteiger partial charge in [0, 0.05) is 36.1 Å². The fourth-order valence-electron chi connectivity index (χ4n) is 3.33. The summed E-state index contributed by atoms with van der Waals surface area (Å²) in [5.74, 6) is -0.390. The Kier molecular flexibility index (Phi) is 6.06. The highest BCUT2D eigenvalue weighted by Gasteiger charge is 2.26. The number of carbonyl (C=O) groups excluding carboxylic acids is 1. The Hall–Kier alpha value is -2.51. The first kappa shape index (κ1) is 19.8. The summed E-state index contributed by atoms with van der Waals surface area (Å²) in [4.78, 5) is 14.7. The number of carbonyl (C=O) groups is 1. The lowest BCUT2D eigenvalue weighted by Gasteiger charge is -2.30. The monoisotopic (exact) mass is 430 g/mol. The molecule has 1 aliphatic heterocycles. The van der Waals surface area contributed by atoms with E-state index in [0.29, 0.717) is 5.69 Å². The van der Waals surface area contributed by atoms with E-state index < -0.39 is 0 Å². The van der Waals surface area contributed by atoms with Gasteiger partial charge in [-0.3, -0.25) is 4.79 Å². The molecule has 3 aromatic rings. The second kappa shape index (κ2) is 8.88. The molecule has 0 saturated carbocycles. The Balaban J connectivity index is 1.30. The van der Waals surface area contributed by atoms with Gasteiger partial charge >= 0.3 is 0 Å². The molecule has 1 saturated heterocycles. The van der Waals surface area contributed by atoms with Crippen LogP contribution in [0, 0.1) is 11.7 Å². The van der Waals surface area contributed by atoms with Crippen molar-refractivity contribution in [3.63, 3.8) is 0 Å². The van der Waals surface area contributed by atoms with Crippen LogP contribution < -0.4 is 10.2 Å². The van der Waals surface area contributed by atoms with Gasteiger partial charge in [0.25, 0.3) is 0 Å². The molecule has 8 heteroatoms. The number of nitrogens with one attached hydrogen (secondary N) is 1. The number of rotatable bonds is 5. The molecule has 1 fully saturated rings. The van der Waals surface area contributed by atoms with E-state index in [4.69, 9.17) is 11.6 Å². The van der Waals surface area contributed by atoms with Crippen LogP contribution in [0.5, 0.6) is 0 Å². The van der Waals surface area contributed by atoms with Crippen LogP contribution in [0.2, 0.25) is 5.02 Å². The van der Waals surface area contributed by atoms with Gasteiger partial charge in [0.15, 0.2) is 0 Å². The van der Waals surface area contributed by atoms with E-state index in [1.807, 2.05) is 24.3 Å². The lowest BCUT2D eigenvalue weighted by molar-refractivity contribution is -0.120. The first-order valence-corrected chi connectivity index (χ1v) is 10.6. The Morgan fingerprint density at radius 2 is 1.79 bits per heavy atom. The minimum atomic E-state index is -0.316. The van der Waals surface area contributed by atoms with E-state index in [9.17, 15) is 9.18 Å². The van der Waals surface area contributed by atoms with Crippen molar-refractivity contribution in [1.82, 2.24) is 10.2 Å². The summed E-state index contributed by atoms with van der Waals surface area (Å²) in [6, 6.07) is 13.6. The molecule has 0 radical (unpaired) electrons. The quantitative estimate of drug-likeness (QED) is 0.633. The average Bonchev–Trinajstić information content (AvgIpc) is 3.20. The van der Waals surface area contributed by atoms with Gasteiger partial charge in [0.1, 0.15) is 10.8 Å². The van der Waals surface area contributed by atoms with Gasteiger partial charge < -0.3 is 10.2 Å². The molecular weight excluding hydrogens is 411 g/mol. The summed E-state index contributed by atoms with van der Waals surface area (Å²) in [6.45, 7) is 1.52. The number of piperidine rings is 1. The molecule has 2 aromatic carbocycles. The molecule has 0 spiro atoms. The predicted octanol–water partition coefficient (Wildman–Crippen LogP) is 4.78. The second-order valence-corrected chi connectivity index (χ2v) is 8.52. The van der Waals surface area contributed by atoms with Crippen LogP contribution >= 0.6 is 22.9 Å². The summed E-state index contributed by atoms with van der Waals surface area (Å²) in [5.41, 5.74) is 1.77. The molecule has 1 N–H and O–H groups in total. The number of benzene rings is 2. The van der Waals surface area contributed by atoms with E-state index in [0.717, 1.165) is 53.1 Å². The highest BCUT2D eigenvalue weighted by atomic mass is 35.5. The third-order valence-electron chi connectivity index (χ3n) is 4.97. The molecule has 0 bridgehead atoms. The smallest absolute Gasteiger partial charge is 0.227 e. The Labute approximate surface area is 177 Å². The van der Waals surface area contributed by atoms with Crippen LogP contribution in [0.3, 0.4) is 0 Å². The number of hydrogen-bond acceptors (Lipinski definition) is 5. The largest absolute Gasteiger partial charge is 0.347 e. The molecule has 5 nitrogen and oxygen atoms in total. The summed E-state index contributed by atoms with van der Waals surface area (Å²) in [6.07, 6.45) is 2.23. The number of hydrogen-bond donors (Lipinski definition) is 1. The SMILES string of the molecule is O=C(Nc1ccc(F)cc1)C1CCN(c2nnc(Cc3ccc(Cl)cc3)s2)CC1. The van der Waals surface area contributed by atoms with Gasteiger partial charge in [0.2, 0.25) is 11.0 Å². The molecule has 1 aromatic heterocycles. The number of halogens is 2. The lowest BCUT2D eigenvalue weighted by Crippen LogP contribution is -2.38. The molecule has 0 atom stereocenters. The van der Waals surface area contributed by atoms with Crippen molar-refractivity contribution in [2.75, 3.05) is 23.3 Å². The van der Waals surface area contributed by atoms with E-state index >= 15 is 0 Å². The predicted molar refractivity (Wildman–Crippen MR) is 114 cm³/mol. The highest BCUT2D eigenvalue weighted by Crippen LogP contribution is 2.28. The molecule has 0 unspecified atom stereocenters. The fourth-order valence-corrected chi connectivity index (χ4v) is 4.38. The molecule has 0 aliphatic carbocycles. The van der Waals surface area contributed by atoms with Crippen molar-refractivity contribution >= 4 is 39.7 Å². The minimum Gasteiger partial charge on any atom is -0.347 e. The second-order valence-electron chi connectivity index (χ2n) is 7.04. The summed E-state index contributed by atoms with van der Waals surface area (Å²) in [7, 11) is 0. The zero-order valence-electron chi connectivity index (χ0n) is 15.6. The molecule has 2 heterocycles. The fraction of sp³-hybridized carbons (Fsp3) is 0.286. The van der Waals surface area contributed by atoms with E-state index in [-0.39, 0.29) is 17.6 Å². The summed E-state index contributed by atoms with van der Waals surface area (Å²) < 4.78 is 13.0. The van der Waals surface area contributed by atoms with Crippen molar-refractivity contribution < 1.29 is 9.18 Å². The molecule has 29 heavy (non-hydrogen) atoms. The normalized spacial score (nSPS) is 14.8. The molecule has 150 valence electrons. The van der Waals surface area contributed by atoms with Crippen molar-refractivity contribution in [3.05, 3.63) is 69.9 Å². The maximum atomic E-state index is 13.0. The number of nitrogens with zero attached hydrogens (tertiary/aromatic N) is 3. The Morgan fingerprint density at radius 3 is 2.48 bits per heavy atom.